The average Bonchev–Trinajstić information content (AvgIpc) is 2.35. The Kier molecular flexibility index (Phi) is 5.45. The molecule has 18 heavy (non-hydrogen) atoms. The molecule has 0 unspecified atom stereocenters. The van der Waals surface area contributed by atoms with Gasteiger partial charge in [-0.2, -0.15) is 0 Å². The zero-order valence-electron chi connectivity index (χ0n) is 10.9. The molecule has 0 fully saturated rings. The van der Waals surface area contributed by atoms with Crippen LogP contribution < -0.4 is 14.8 Å². The van der Waals surface area contributed by atoms with Gasteiger partial charge in [0.1, 0.15) is 0 Å². The molecule has 0 aliphatic heterocycles. The van der Waals surface area contributed by atoms with E-state index in [-0.39, 0.29) is 6.42 Å². The maximum absolute atomic E-state index is 10.4. The maximum atomic E-state index is 10.4. The standard InChI is InChI=1S/C13H19NO4/c1-9-6-11(17-2)12(18-3)7-10(9)8-14-5-4-13(15)16/h6-7,14H,4-5,8H2,1-3H3,(H,15,16). The summed E-state index contributed by atoms with van der Waals surface area (Å²) in [6.07, 6.45) is 0.117. The van der Waals surface area contributed by atoms with E-state index in [4.69, 9.17) is 14.6 Å². The SMILES string of the molecule is COc1cc(C)c(CNCCC(=O)O)cc1OC. The molecular weight excluding hydrogens is 234 g/mol. The van der Waals surface area contributed by atoms with E-state index in [9.17, 15) is 4.79 Å². The highest BCUT2D eigenvalue weighted by Crippen LogP contribution is 2.30. The highest BCUT2D eigenvalue weighted by molar-refractivity contribution is 5.66. The van der Waals surface area contributed by atoms with Crippen LogP contribution in [0, 0.1) is 6.92 Å². The molecule has 1 aromatic carbocycles. The second-order valence-corrected chi connectivity index (χ2v) is 3.95. The van der Waals surface area contributed by atoms with Crippen LogP contribution in [-0.4, -0.2) is 31.8 Å². The Morgan fingerprint density at radius 3 is 2.44 bits per heavy atom. The topological polar surface area (TPSA) is 67.8 Å². The number of aryl methyl sites for hydroxylation is 1. The number of nitrogens with one attached hydrogen (secondary N) is 1. The van der Waals surface area contributed by atoms with Gasteiger partial charge in [-0.1, -0.05) is 0 Å². The zero-order valence-corrected chi connectivity index (χ0v) is 10.9. The van der Waals surface area contributed by atoms with Crippen molar-refractivity contribution in [3.8, 4) is 11.5 Å². The third kappa shape index (κ3) is 3.92. The number of hydrogen-bond donors (Lipinski definition) is 2. The number of carboxylic acids is 1. The van der Waals surface area contributed by atoms with E-state index >= 15 is 0 Å². The normalized spacial score (nSPS) is 10.2. The molecule has 0 aromatic heterocycles. The van der Waals surface area contributed by atoms with E-state index < -0.39 is 5.97 Å². The molecule has 0 bridgehead atoms. The first-order valence-corrected chi connectivity index (χ1v) is 5.72. The van der Waals surface area contributed by atoms with Crippen molar-refractivity contribution < 1.29 is 19.4 Å². The van der Waals surface area contributed by atoms with Crippen molar-refractivity contribution in [1.82, 2.24) is 5.32 Å². The number of ether oxygens (including phenoxy) is 2. The van der Waals surface area contributed by atoms with Crippen LogP contribution in [0.25, 0.3) is 0 Å². The van der Waals surface area contributed by atoms with Gasteiger partial charge in [-0.15, -0.1) is 0 Å². The molecule has 0 saturated carbocycles. The number of carbonyl (C=O) groups is 1. The molecule has 0 aliphatic carbocycles. The van der Waals surface area contributed by atoms with Crippen molar-refractivity contribution in [2.45, 2.75) is 19.9 Å². The van der Waals surface area contributed by atoms with E-state index in [1.165, 1.54) is 0 Å². The van der Waals surface area contributed by atoms with Crippen molar-refractivity contribution in [3.63, 3.8) is 0 Å². The van der Waals surface area contributed by atoms with Gasteiger partial charge in [-0.3, -0.25) is 4.79 Å². The van der Waals surface area contributed by atoms with E-state index in [1.807, 2.05) is 19.1 Å². The second-order valence-electron chi connectivity index (χ2n) is 3.95. The largest absolute Gasteiger partial charge is 0.493 e. The quantitative estimate of drug-likeness (QED) is 0.722. The number of rotatable bonds is 7. The van der Waals surface area contributed by atoms with Crippen molar-refractivity contribution >= 4 is 5.97 Å². The number of carboxylic acid groups (broad SMARTS) is 1. The third-order valence-electron chi connectivity index (χ3n) is 2.67. The first-order valence-electron chi connectivity index (χ1n) is 5.72. The van der Waals surface area contributed by atoms with Gasteiger partial charge in [0.25, 0.3) is 0 Å². The lowest BCUT2D eigenvalue weighted by atomic mass is 10.1. The Morgan fingerprint density at radius 2 is 1.89 bits per heavy atom. The van der Waals surface area contributed by atoms with Gasteiger partial charge in [0.05, 0.1) is 20.6 Å². The van der Waals surface area contributed by atoms with Crippen LogP contribution in [0.3, 0.4) is 0 Å². The van der Waals surface area contributed by atoms with Crippen LogP contribution in [0.2, 0.25) is 0 Å². The van der Waals surface area contributed by atoms with Crippen molar-refractivity contribution in [3.05, 3.63) is 23.3 Å². The summed E-state index contributed by atoms with van der Waals surface area (Å²) in [5.41, 5.74) is 2.15. The summed E-state index contributed by atoms with van der Waals surface area (Å²) in [6.45, 7) is 3.04. The fourth-order valence-electron chi connectivity index (χ4n) is 1.63. The predicted molar refractivity (Wildman–Crippen MR) is 68.2 cm³/mol. The summed E-state index contributed by atoms with van der Waals surface area (Å²) in [5.74, 6) is 0.578. The molecule has 0 saturated heterocycles. The monoisotopic (exact) mass is 253 g/mol. The second kappa shape index (κ2) is 6.86. The molecule has 1 aromatic rings. The summed E-state index contributed by atoms with van der Waals surface area (Å²) in [6, 6.07) is 3.81. The minimum atomic E-state index is -0.800. The minimum absolute atomic E-state index is 0.117. The first-order chi connectivity index (χ1) is 8.58. The van der Waals surface area contributed by atoms with Crippen LogP contribution >= 0.6 is 0 Å². The molecular formula is C13H19NO4. The molecule has 0 heterocycles. The van der Waals surface area contributed by atoms with E-state index in [0.29, 0.717) is 24.6 Å². The van der Waals surface area contributed by atoms with Gasteiger partial charge in [0, 0.05) is 13.1 Å². The molecule has 0 amide bonds. The summed E-state index contributed by atoms with van der Waals surface area (Å²) < 4.78 is 10.4. The highest BCUT2D eigenvalue weighted by atomic mass is 16.5. The van der Waals surface area contributed by atoms with Gasteiger partial charge >= 0.3 is 5.97 Å². The molecule has 0 radical (unpaired) electrons. The Balaban J connectivity index is 2.68. The minimum Gasteiger partial charge on any atom is -0.493 e. The van der Waals surface area contributed by atoms with Crippen LogP contribution in [0.5, 0.6) is 11.5 Å². The fraction of sp³-hybridized carbons (Fsp3) is 0.462. The molecule has 5 nitrogen and oxygen atoms in total. The maximum Gasteiger partial charge on any atom is 0.304 e. The van der Waals surface area contributed by atoms with Gasteiger partial charge < -0.3 is 19.9 Å². The predicted octanol–water partition coefficient (Wildman–Crippen LogP) is 1.58. The van der Waals surface area contributed by atoms with Crippen molar-refractivity contribution in [1.29, 1.82) is 0 Å². The molecule has 1 rings (SSSR count). The van der Waals surface area contributed by atoms with E-state index in [1.54, 1.807) is 14.2 Å². The molecule has 2 N–H and O–H groups in total. The Morgan fingerprint density at radius 1 is 1.28 bits per heavy atom. The number of benzene rings is 1. The number of aliphatic carboxylic acids is 1. The van der Waals surface area contributed by atoms with Gasteiger partial charge in [-0.25, -0.2) is 0 Å². The molecule has 5 heteroatoms. The fourth-order valence-corrected chi connectivity index (χ4v) is 1.63. The smallest absolute Gasteiger partial charge is 0.304 e. The molecule has 0 atom stereocenters. The van der Waals surface area contributed by atoms with Gasteiger partial charge in [0.2, 0.25) is 0 Å². The molecule has 0 spiro atoms. The van der Waals surface area contributed by atoms with Gasteiger partial charge in [-0.05, 0) is 30.2 Å². The van der Waals surface area contributed by atoms with Crippen LogP contribution in [0.15, 0.2) is 12.1 Å². The average molecular weight is 253 g/mol. The number of hydrogen-bond acceptors (Lipinski definition) is 4. The molecule has 0 aliphatic rings. The lowest BCUT2D eigenvalue weighted by Gasteiger charge is -2.13. The highest BCUT2D eigenvalue weighted by Gasteiger charge is 2.08. The summed E-state index contributed by atoms with van der Waals surface area (Å²) >= 11 is 0. The summed E-state index contributed by atoms with van der Waals surface area (Å²) in [7, 11) is 3.19. The Bertz CT molecular complexity index is 418. The summed E-state index contributed by atoms with van der Waals surface area (Å²) in [5, 5.41) is 11.6. The lowest BCUT2D eigenvalue weighted by molar-refractivity contribution is -0.136. The first kappa shape index (κ1) is 14.3. The zero-order chi connectivity index (χ0) is 13.5. The lowest BCUT2D eigenvalue weighted by Crippen LogP contribution is -2.18. The summed E-state index contributed by atoms with van der Waals surface area (Å²) in [4.78, 5) is 10.4. The Labute approximate surface area is 107 Å². The van der Waals surface area contributed by atoms with Crippen molar-refractivity contribution in [2.24, 2.45) is 0 Å². The van der Waals surface area contributed by atoms with Gasteiger partial charge in [0.15, 0.2) is 11.5 Å². The third-order valence-corrected chi connectivity index (χ3v) is 2.67. The Hall–Kier alpha value is -1.75. The van der Waals surface area contributed by atoms with Crippen molar-refractivity contribution in [2.75, 3.05) is 20.8 Å². The number of methoxy groups -OCH3 is 2. The van der Waals surface area contributed by atoms with Crippen LogP contribution in [0.4, 0.5) is 0 Å². The van der Waals surface area contributed by atoms with Crippen LogP contribution in [0.1, 0.15) is 17.5 Å². The molecule has 100 valence electrons. The van der Waals surface area contributed by atoms with Crippen LogP contribution in [-0.2, 0) is 11.3 Å². The van der Waals surface area contributed by atoms with E-state index in [2.05, 4.69) is 5.32 Å². The van der Waals surface area contributed by atoms with E-state index in [0.717, 1.165) is 11.1 Å².